The molecule has 0 aliphatic carbocycles. The molecule has 2 rings (SSSR count). The summed E-state index contributed by atoms with van der Waals surface area (Å²) in [5, 5.41) is 0. The molecule has 0 fully saturated rings. The van der Waals surface area contributed by atoms with Crippen molar-refractivity contribution in [2.24, 2.45) is 0 Å². The second-order valence-electron chi connectivity index (χ2n) is 5.54. The van der Waals surface area contributed by atoms with Crippen LogP contribution in [-0.2, 0) is 9.53 Å². The van der Waals surface area contributed by atoms with Crippen molar-refractivity contribution in [2.75, 3.05) is 20.8 Å². The first-order chi connectivity index (χ1) is 12.6. The maximum Gasteiger partial charge on any atom is 0.306 e. The Morgan fingerprint density at radius 1 is 0.846 bits per heavy atom. The van der Waals surface area contributed by atoms with Gasteiger partial charge in [0, 0.05) is 12.0 Å². The third-order valence-electron chi connectivity index (χ3n) is 3.88. The van der Waals surface area contributed by atoms with E-state index in [0.717, 1.165) is 0 Å². The van der Waals surface area contributed by atoms with Gasteiger partial charge >= 0.3 is 5.97 Å². The fourth-order valence-electron chi connectivity index (χ4n) is 2.57. The molecule has 0 amide bonds. The molecule has 4 nitrogen and oxygen atoms in total. The molecule has 5 heteroatoms. The topological polar surface area (TPSA) is 44.8 Å². The molecule has 138 valence electrons. The van der Waals surface area contributed by atoms with Crippen LogP contribution in [0.4, 0.5) is 4.39 Å². The first-order valence-electron chi connectivity index (χ1n) is 8.42. The summed E-state index contributed by atoms with van der Waals surface area (Å²) in [5.74, 6) is 0.601. The molecule has 26 heavy (non-hydrogen) atoms. The van der Waals surface area contributed by atoms with Crippen LogP contribution < -0.4 is 9.47 Å². The van der Waals surface area contributed by atoms with Crippen molar-refractivity contribution in [3.63, 3.8) is 0 Å². The molecule has 0 aliphatic heterocycles. The Kier molecular flexibility index (Phi) is 7.21. The molecule has 0 saturated heterocycles. The van der Waals surface area contributed by atoms with Crippen molar-refractivity contribution < 1.29 is 23.4 Å². The zero-order chi connectivity index (χ0) is 18.9. The fraction of sp³-hybridized carbons (Fsp3) is 0.286. The van der Waals surface area contributed by atoms with Crippen molar-refractivity contribution in [1.29, 1.82) is 0 Å². The molecule has 0 radical (unpaired) electrons. The molecule has 0 bridgehead atoms. The highest BCUT2D eigenvalue weighted by atomic mass is 19.1. The summed E-state index contributed by atoms with van der Waals surface area (Å²) in [6, 6.07) is 14.3. The number of rotatable bonds is 8. The summed E-state index contributed by atoms with van der Waals surface area (Å²) in [4.78, 5) is 11.6. The van der Waals surface area contributed by atoms with E-state index < -0.39 is 5.97 Å². The van der Waals surface area contributed by atoms with Crippen LogP contribution in [0.1, 0.15) is 30.9 Å². The maximum absolute atomic E-state index is 15.0. The first-order valence-corrected chi connectivity index (χ1v) is 8.42. The second kappa shape index (κ2) is 9.61. The van der Waals surface area contributed by atoms with Gasteiger partial charge in [-0.15, -0.1) is 0 Å². The lowest BCUT2D eigenvalue weighted by Crippen LogP contribution is -2.04. The van der Waals surface area contributed by atoms with Gasteiger partial charge in [0.1, 0.15) is 17.3 Å². The molecule has 0 N–H and O–H groups in total. The zero-order valence-electron chi connectivity index (χ0n) is 15.3. The van der Waals surface area contributed by atoms with E-state index in [2.05, 4.69) is 0 Å². The average Bonchev–Trinajstić information content (AvgIpc) is 2.68. The van der Waals surface area contributed by atoms with Crippen LogP contribution >= 0.6 is 0 Å². The molecule has 2 aromatic rings. The molecule has 0 saturated carbocycles. The van der Waals surface area contributed by atoms with Gasteiger partial charge in [-0.05, 0) is 42.3 Å². The maximum atomic E-state index is 15.0. The monoisotopic (exact) mass is 358 g/mol. The standard InChI is InChI=1S/C21H23FO4/c1-4-26-20(23)14-13-19(22)21(15-5-9-17(24-2)10-6-15)16-7-11-18(25-3)12-8-16/h5-12H,4,13-14H2,1-3H3. The fourth-order valence-corrected chi connectivity index (χ4v) is 2.57. The van der Waals surface area contributed by atoms with Crippen LogP contribution in [0.5, 0.6) is 11.5 Å². The number of methoxy groups -OCH3 is 2. The lowest BCUT2D eigenvalue weighted by atomic mass is 9.95. The van der Waals surface area contributed by atoms with Crippen LogP contribution in [0.3, 0.4) is 0 Å². The summed E-state index contributed by atoms with van der Waals surface area (Å²) >= 11 is 0. The summed E-state index contributed by atoms with van der Waals surface area (Å²) in [6.07, 6.45) is -0.0261. The number of carbonyl (C=O) groups is 1. The summed E-state index contributed by atoms with van der Waals surface area (Å²) < 4.78 is 30.2. The average molecular weight is 358 g/mol. The SMILES string of the molecule is CCOC(=O)CCC(F)=C(c1ccc(OC)cc1)c1ccc(OC)cc1. The predicted octanol–water partition coefficient (Wildman–Crippen LogP) is 4.78. The van der Waals surface area contributed by atoms with Gasteiger partial charge in [-0.1, -0.05) is 24.3 Å². The van der Waals surface area contributed by atoms with E-state index in [9.17, 15) is 4.79 Å². The number of ether oxygens (including phenoxy) is 3. The van der Waals surface area contributed by atoms with Gasteiger partial charge in [-0.25, -0.2) is 4.39 Å². The Labute approximate surface area is 153 Å². The Morgan fingerprint density at radius 2 is 1.31 bits per heavy atom. The molecule has 0 atom stereocenters. The van der Waals surface area contributed by atoms with E-state index in [4.69, 9.17) is 14.2 Å². The quantitative estimate of drug-likeness (QED) is 0.637. The van der Waals surface area contributed by atoms with Gasteiger partial charge in [-0.3, -0.25) is 4.79 Å². The second-order valence-corrected chi connectivity index (χ2v) is 5.54. The van der Waals surface area contributed by atoms with Gasteiger partial charge in [-0.2, -0.15) is 0 Å². The van der Waals surface area contributed by atoms with Crippen LogP contribution in [0, 0.1) is 0 Å². The smallest absolute Gasteiger partial charge is 0.306 e. The first kappa shape index (κ1) is 19.5. The number of esters is 1. The molecule has 0 unspecified atom stereocenters. The Bertz CT molecular complexity index is 699. The van der Waals surface area contributed by atoms with E-state index >= 15 is 4.39 Å². The number of hydrogen-bond donors (Lipinski definition) is 0. The van der Waals surface area contributed by atoms with Crippen LogP contribution in [0.25, 0.3) is 5.57 Å². The lowest BCUT2D eigenvalue weighted by molar-refractivity contribution is -0.143. The molecule has 0 heterocycles. The number of benzene rings is 2. The van der Waals surface area contributed by atoms with Crippen LogP contribution in [0.15, 0.2) is 54.4 Å². The largest absolute Gasteiger partial charge is 0.497 e. The summed E-state index contributed by atoms with van der Waals surface area (Å²) in [6.45, 7) is 2.01. The summed E-state index contributed by atoms with van der Waals surface area (Å²) in [7, 11) is 3.16. The van der Waals surface area contributed by atoms with E-state index in [1.54, 1.807) is 69.7 Å². The van der Waals surface area contributed by atoms with Gasteiger partial charge in [0.15, 0.2) is 0 Å². The highest BCUT2D eigenvalue weighted by Crippen LogP contribution is 2.32. The van der Waals surface area contributed by atoms with Crippen molar-refractivity contribution in [2.45, 2.75) is 19.8 Å². The van der Waals surface area contributed by atoms with Crippen molar-refractivity contribution in [3.05, 3.63) is 65.5 Å². The number of allylic oxidation sites excluding steroid dienone is 1. The van der Waals surface area contributed by atoms with E-state index in [0.29, 0.717) is 28.2 Å². The highest BCUT2D eigenvalue weighted by molar-refractivity contribution is 5.82. The van der Waals surface area contributed by atoms with Gasteiger partial charge in [0.2, 0.25) is 0 Å². The predicted molar refractivity (Wildman–Crippen MR) is 99.0 cm³/mol. The number of halogens is 1. The van der Waals surface area contributed by atoms with E-state index in [1.807, 2.05) is 0 Å². The van der Waals surface area contributed by atoms with Crippen LogP contribution in [0.2, 0.25) is 0 Å². The molecule has 0 aliphatic rings. The van der Waals surface area contributed by atoms with E-state index in [-0.39, 0.29) is 25.3 Å². The minimum atomic E-state index is -0.411. The third kappa shape index (κ3) is 5.09. The molecule has 0 aromatic heterocycles. The minimum Gasteiger partial charge on any atom is -0.497 e. The Morgan fingerprint density at radius 3 is 1.69 bits per heavy atom. The van der Waals surface area contributed by atoms with Gasteiger partial charge in [0.05, 0.1) is 27.2 Å². The zero-order valence-corrected chi connectivity index (χ0v) is 15.3. The van der Waals surface area contributed by atoms with Gasteiger partial charge < -0.3 is 14.2 Å². The highest BCUT2D eigenvalue weighted by Gasteiger charge is 2.14. The summed E-state index contributed by atoms with van der Waals surface area (Å²) in [5.41, 5.74) is 1.86. The molecular weight excluding hydrogens is 335 g/mol. The van der Waals surface area contributed by atoms with Gasteiger partial charge in [0.25, 0.3) is 0 Å². The third-order valence-corrected chi connectivity index (χ3v) is 3.88. The lowest BCUT2D eigenvalue weighted by Gasteiger charge is -2.12. The van der Waals surface area contributed by atoms with Crippen LogP contribution in [-0.4, -0.2) is 26.8 Å². The van der Waals surface area contributed by atoms with Crippen molar-refractivity contribution >= 4 is 11.5 Å². The molecule has 0 spiro atoms. The normalized spacial score (nSPS) is 10.2. The molecule has 2 aromatic carbocycles. The van der Waals surface area contributed by atoms with Crippen molar-refractivity contribution in [1.82, 2.24) is 0 Å². The Balaban J connectivity index is 2.38. The Hall–Kier alpha value is -2.82. The number of hydrogen-bond acceptors (Lipinski definition) is 4. The molecular formula is C21H23FO4. The number of carbonyl (C=O) groups excluding carboxylic acids is 1. The van der Waals surface area contributed by atoms with E-state index in [1.165, 1.54) is 0 Å². The van der Waals surface area contributed by atoms with Crippen molar-refractivity contribution in [3.8, 4) is 11.5 Å². The minimum absolute atomic E-state index is 0.00448.